The largest absolute Gasteiger partial charge is 0.508 e. The van der Waals surface area contributed by atoms with Gasteiger partial charge in [0.05, 0.1) is 0 Å². The summed E-state index contributed by atoms with van der Waals surface area (Å²) >= 11 is 0. The highest BCUT2D eigenvalue weighted by atomic mass is 16.3. The number of aliphatic imine (C=N–C) groups is 1. The van der Waals surface area contributed by atoms with Gasteiger partial charge in [-0.25, -0.2) is 4.99 Å². The zero-order valence-electron chi connectivity index (χ0n) is 16.1. The van der Waals surface area contributed by atoms with Crippen LogP contribution < -0.4 is 5.73 Å². The summed E-state index contributed by atoms with van der Waals surface area (Å²) < 4.78 is 0. The van der Waals surface area contributed by atoms with Gasteiger partial charge in [-0.1, -0.05) is 61.7 Å². The zero-order valence-corrected chi connectivity index (χ0v) is 16.1. The standard InChI is InChI=1S/C23H27N3O2/c24-22-25-23(18-7-3-1-4-8-18,19-9-5-2-6-10-19)21(28)26(22)16-15-17-11-13-20(27)14-12-17/h1,3-4,7-8,11-14,19,27H,2,5-6,9-10,15-16H2,(H2,24,25). The van der Waals surface area contributed by atoms with Gasteiger partial charge in [-0.3, -0.25) is 9.69 Å². The number of nitrogens with two attached hydrogens (primary N) is 1. The first-order valence-corrected chi connectivity index (χ1v) is 10.1. The maximum atomic E-state index is 13.7. The van der Waals surface area contributed by atoms with Crippen molar-refractivity contribution >= 4 is 11.9 Å². The topological polar surface area (TPSA) is 78.9 Å². The Morgan fingerprint density at radius 3 is 2.39 bits per heavy atom. The molecule has 1 aliphatic heterocycles. The molecule has 0 saturated heterocycles. The van der Waals surface area contributed by atoms with Crippen molar-refractivity contribution in [1.82, 2.24) is 4.90 Å². The molecule has 1 amide bonds. The minimum Gasteiger partial charge on any atom is -0.508 e. The molecule has 28 heavy (non-hydrogen) atoms. The summed E-state index contributed by atoms with van der Waals surface area (Å²) in [6.07, 6.45) is 6.16. The van der Waals surface area contributed by atoms with Gasteiger partial charge in [0.25, 0.3) is 5.91 Å². The van der Waals surface area contributed by atoms with Crippen molar-refractivity contribution < 1.29 is 9.90 Å². The average Bonchev–Trinajstić information content (AvgIpc) is 3.00. The Bertz CT molecular complexity index is 857. The fourth-order valence-electron chi connectivity index (χ4n) is 4.62. The second kappa shape index (κ2) is 7.66. The van der Waals surface area contributed by atoms with Crippen LogP contribution >= 0.6 is 0 Å². The number of hydrogen-bond acceptors (Lipinski definition) is 4. The monoisotopic (exact) mass is 377 g/mol. The summed E-state index contributed by atoms with van der Waals surface area (Å²) in [5.41, 5.74) is 7.40. The van der Waals surface area contributed by atoms with Gasteiger partial charge in [-0.05, 0) is 48.4 Å². The van der Waals surface area contributed by atoms with E-state index in [1.807, 2.05) is 42.5 Å². The molecule has 0 bridgehead atoms. The Labute approximate surface area is 165 Å². The summed E-state index contributed by atoms with van der Waals surface area (Å²) in [5, 5.41) is 9.46. The molecule has 1 aliphatic carbocycles. The summed E-state index contributed by atoms with van der Waals surface area (Å²) in [5.74, 6) is 0.746. The van der Waals surface area contributed by atoms with E-state index in [4.69, 9.17) is 10.7 Å². The number of benzene rings is 2. The van der Waals surface area contributed by atoms with Gasteiger partial charge in [0, 0.05) is 6.54 Å². The van der Waals surface area contributed by atoms with Crippen LogP contribution in [0.1, 0.15) is 43.2 Å². The maximum Gasteiger partial charge on any atom is 0.262 e. The number of guanidine groups is 1. The van der Waals surface area contributed by atoms with Crippen LogP contribution in [0, 0.1) is 5.92 Å². The molecule has 1 saturated carbocycles. The number of hydrogen-bond donors (Lipinski definition) is 2. The van der Waals surface area contributed by atoms with E-state index in [1.165, 1.54) is 6.42 Å². The Morgan fingerprint density at radius 2 is 1.71 bits per heavy atom. The van der Waals surface area contributed by atoms with Crippen LogP contribution in [0.5, 0.6) is 5.75 Å². The number of carbonyl (C=O) groups excluding carboxylic acids is 1. The molecule has 146 valence electrons. The third-order valence-electron chi connectivity index (χ3n) is 6.11. The minimum atomic E-state index is -0.888. The zero-order chi connectivity index (χ0) is 19.6. The molecule has 2 aromatic rings. The SMILES string of the molecule is NC1=NC(c2ccccc2)(C2CCCCC2)C(=O)N1CCc1ccc(O)cc1. The number of amides is 1. The van der Waals surface area contributed by atoms with Crippen molar-refractivity contribution in [3.8, 4) is 5.75 Å². The van der Waals surface area contributed by atoms with Crippen LogP contribution in [0.3, 0.4) is 0 Å². The highest BCUT2D eigenvalue weighted by Gasteiger charge is 2.53. The Balaban J connectivity index is 1.62. The molecule has 1 fully saturated rings. The third-order valence-corrected chi connectivity index (χ3v) is 6.11. The lowest BCUT2D eigenvalue weighted by molar-refractivity contribution is -0.134. The summed E-state index contributed by atoms with van der Waals surface area (Å²) in [4.78, 5) is 20.2. The fourth-order valence-corrected chi connectivity index (χ4v) is 4.62. The van der Waals surface area contributed by atoms with Gasteiger partial charge in [0.2, 0.25) is 0 Å². The molecule has 0 radical (unpaired) electrons. The normalized spacial score (nSPS) is 23.1. The lowest BCUT2D eigenvalue weighted by Gasteiger charge is -2.36. The van der Waals surface area contributed by atoms with Crippen molar-refractivity contribution in [1.29, 1.82) is 0 Å². The second-order valence-electron chi connectivity index (χ2n) is 7.81. The number of carbonyl (C=O) groups is 1. The second-order valence-corrected chi connectivity index (χ2v) is 7.81. The van der Waals surface area contributed by atoms with Crippen LogP contribution in [0.4, 0.5) is 0 Å². The molecular weight excluding hydrogens is 350 g/mol. The molecular formula is C23H27N3O2. The number of rotatable bonds is 5. The van der Waals surface area contributed by atoms with Gasteiger partial charge in [-0.15, -0.1) is 0 Å². The molecule has 1 unspecified atom stereocenters. The molecule has 1 atom stereocenters. The predicted molar refractivity (Wildman–Crippen MR) is 110 cm³/mol. The van der Waals surface area contributed by atoms with Crippen LogP contribution in [-0.4, -0.2) is 28.4 Å². The number of aromatic hydroxyl groups is 1. The maximum absolute atomic E-state index is 13.7. The predicted octanol–water partition coefficient (Wildman–Crippen LogP) is 3.57. The highest BCUT2D eigenvalue weighted by Crippen LogP contribution is 2.46. The van der Waals surface area contributed by atoms with Crippen molar-refractivity contribution in [3.05, 3.63) is 65.7 Å². The van der Waals surface area contributed by atoms with Crippen LogP contribution in [-0.2, 0) is 16.8 Å². The van der Waals surface area contributed by atoms with Crippen LogP contribution in [0.15, 0.2) is 59.6 Å². The van der Waals surface area contributed by atoms with E-state index in [0.29, 0.717) is 18.9 Å². The van der Waals surface area contributed by atoms with Crippen LogP contribution in [0.2, 0.25) is 0 Å². The quantitative estimate of drug-likeness (QED) is 0.836. The van der Waals surface area contributed by atoms with E-state index in [0.717, 1.165) is 36.8 Å². The van der Waals surface area contributed by atoms with Crippen molar-refractivity contribution in [2.75, 3.05) is 6.54 Å². The lowest BCUT2D eigenvalue weighted by atomic mass is 9.71. The van der Waals surface area contributed by atoms with Crippen molar-refractivity contribution in [2.45, 2.75) is 44.1 Å². The Kier molecular flexibility index (Phi) is 5.07. The first-order valence-electron chi connectivity index (χ1n) is 10.1. The average molecular weight is 377 g/mol. The van der Waals surface area contributed by atoms with E-state index in [9.17, 15) is 9.90 Å². The molecule has 1 heterocycles. The fraction of sp³-hybridized carbons (Fsp3) is 0.391. The first kappa shape index (κ1) is 18.5. The smallest absolute Gasteiger partial charge is 0.262 e. The molecule has 4 rings (SSSR count). The van der Waals surface area contributed by atoms with Gasteiger partial charge in [0.15, 0.2) is 11.5 Å². The molecule has 5 nitrogen and oxygen atoms in total. The molecule has 3 N–H and O–H groups in total. The number of phenols is 1. The van der Waals surface area contributed by atoms with Crippen LogP contribution in [0.25, 0.3) is 0 Å². The van der Waals surface area contributed by atoms with Gasteiger partial charge in [-0.2, -0.15) is 0 Å². The van der Waals surface area contributed by atoms with Gasteiger partial charge in [0.1, 0.15) is 5.75 Å². The summed E-state index contributed by atoms with van der Waals surface area (Å²) in [6.45, 7) is 0.486. The van der Waals surface area contributed by atoms with Gasteiger partial charge < -0.3 is 10.8 Å². The molecule has 2 aromatic carbocycles. The number of nitrogens with zero attached hydrogens (tertiary/aromatic N) is 2. The minimum absolute atomic E-state index is 0.00174. The highest BCUT2D eigenvalue weighted by molar-refractivity contribution is 6.07. The third kappa shape index (κ3) is 3.26. The Morgan fingerprint density at radius 1 is 1.04 bits per heavy atom. The van der Waals surface area contributed by atoms with Gasteiger partial charge >= 0.3 is 0 Å². The van der Waals surface area contributed by atoms with E-state index < -0.39 is 5.54 Å². The Hall–Kier alpha value is -2.82. The molecule has 2 aliphatic rings. The van der Waals surface area contributed by atoms with E-state index >= 15 is 0 Å². The van der Waals surface area contributed by atoms with E-state index in [1.54, 1.807) is 17.0 Å². The first-order chi connectivity index (χ1) is 13.6. The summed E-state index contributed by atoms with van der Waals surface area (Å²) in [6, 6.07) is 17.0. The lowest BCUT2D eigenvalue weighted by Crippen LogP contribution is -2.47. The van der Waals surface area contributed by atoms with E-state index in [2.05, 4.69) is 0 Å². The molecule has 0 aromatic heterocycles. The van der Waals surface area contributed by atoms with Crippen molar-refractivity contribution in [2.24, 2.45) is 16.6 Å². The molecule has 5 heteroatoms. The number of phenolic OH excluding ortho intramolecular Hbond substituents is 1. The van der Waals surface area contributed by atoms with Crippen molar-refractivity contribution in [3.63, 3.8) is 0 Å². The molecule has 0 spiro atoms. The van der Waals surface area contributed by atoms with E-state index in [-0.39, 0.29) is 17.6 Å². The summed E-state index contributed by atoms with van der Waals surface area (Å²) in [7, 11) is 0.